The first-order valence-electron chi connectivity index (χ1n) is 4.92. The highest BCUT2D eigenvalue weighted by Crippen LogP contribution is 2.37. The van der Waals surface area contributed by atoms with Gasteiger partial charge in [-0.1, -0.05) is 0 Å². The van der Waals surface area contributed by atoms with Crippen molar-refractivity contribution in [2.45, 2.75) is 5.92 Å². The Balaban J connectivity index is 2.36. The molecule has 6 heteroatoms. The largest absolute Gasteiger partial charge is 0.486 e. The molecular weight excluding hydrogens is 234 g/mol. The van der Waals surface area contributed by atoms with Crippen LogP contribution < -0.4 is 9.47 Å². The SMILES string of the molecule is COC(=O)C(F)(F)c1ccc2c(c1)OCCO2. The van der Waals surface area contributed by atoms with E-state index in [4.69, 9.17) is 9.47 Å². The van der Waals surface area contributed by atoms with Crippen LogP contribution in [0.3, 0.4) is 0 Å². The summed E-state index contributed by atoms with van der Waals surface area (Å²) in [5.41, 5.74) is -0.478. The van der Waals surface area contributed by atoms with Gasteiger partial charge in [0.15, 0.2) is 11.5 Å². The lowest BCUT2D eigenvalue weighted by molar-refractivity contribution is -0.170. The van der Waals surface area contributed by atoms with Crippen LogP contribution in [-0.4, -0.2) is 26.3 Å². The van der Waals surface area contributed by atoms with Crippen LogP contribution in [-0.2, 0) is 15.5 Å². The zero-order valence-electron chi connectivity index (χ0n) is 9.04. The molecule has 1 aromatic rings. The second kappa shape index (κ2) is 4.20. The number of hydrogen-bond donors (Lipinski definition) is 0. The molecule has 1 aliphatic heterocycles. The fourth-order valence-electron chi connectivity index (χ4n) is 1.48. The molecule has 0 atom stereocenters. The summed E-state index contributed by atoms with van der Waals surface area (Å²) < 4.78 is 41.5. The molecule has 0 saturated heterocycles. The molecule has 0 amide bonds. The maximum absolute atomic E-state index is 13.5. The first-order chi connectivity index (χ1) is 8.05. The van der Waals surface area contributed by atoms with Crippen molar-refractivity contribution in [1.29, 1.82) is 0 Å². The lowest BCUT2D eigenvalue weighted by Gasteiger charge is -2.20. The van der Waals surface area contributed by atoms with E-state index in [1.54, 1.807) is 0 Å². The van der Waals surface area contributed by atoms with Crippen LogP contribution in [0, 0.1) is 0 Å². The number of hydrogen-bond acceptors (Lipinski definition) is 4. The van der Waals surface area contributed by atoms with Crippen LogP contribution in [0.25, 0.3) is 0 Å². The fraction of sp³-hybridized carbons (Fsp3) is 0.364. The summed E-state index contributed by atoms with van der Waals surface area (Å²) in [4.78, 5) is 11.0. The lowest BCUT2D eigenvalue weighted by atomic mass is 10.1. The van der Waals surface area contributed by atoms with Crippen LogP contribution in [0.4, 0.5) is 8.78 Å². The molecule has 1 aromatic carbocycles. The van der Waals surface area contributed by atoms with Crippen molar-refractivity contribution in [1.82, 2.24) is 0 Å². The third kappa shape index (κ3) is 2.02. The third-order valence-electron chi connectivity index (χ3n) is 2.35. The van der Waals surface area contributed by atoms with Gasteiger partial charge in [0.25, 0.3) is 0 Å². The first-order valence-corrected chi connectivity index (χ1v) is 4.92. The molecule has 2 rings (SSSR count). The van der Waals surface area contributed by atoms with Gasteiger partial charge in [-0.15, -0.1) is 0 Å². The zero-order chi connectivity index (χ0) is 12.5. The van der Waals surface area contributed by atoms with E-state index in [1.165, 1.54) is 6.07 Å². The van der Waals surface area contributed by atoms with E-state index < -0.39 is 17.5 Å². The summed E-state index contributed by atoms with van der Waals surface area (Å²) in [6.45, 7) is 0.667. The molecular formula is C11H10F2O4. The minimum atomic E-state index is -3.69. The van der Waals surface area contributed by atoms with Crippen molar-refractivity contribution < 1.29 is 27.8 Å². The number of carbonyl (C=O) groups is 1. The van der Waals surface area contributed by atoms with E-state index in [9.17, 15) is 13.6 Å². The number of benzene rings is 1. The van der Waals surface area contributed by atoms with Gasteiger partial charge in [0, 0.05) is 5.56 Å². The molecule has 0 radical (unpaired) electrons. The van der Waals surface area contributed by atoms with Gasteiger partial charge in [0.2, 0.25) is 0 Å². The first kappa shape index (κ1) is 11.6. The fourth-order valence-corrected chi connectivity index (χ4v) is 1.48. The van der Waals surface area contributed by atoms with Crippen LogP contribution in [0.15, 0.2) is 18.2 Å². The summed E-state index contributed by atoms with van der Waals surface area (Å²) in [6.07, 6.45) is 0. The number of carbonyl (C=O) groups excluding carboxylic acids is 1. The second-order valence-electron chi connectivity index (χ2n) is 3.42. The summed E-state index contributed by atoms with van der Waals surface area (Å²) >= 11 is 0. The van der Waals surface area contributed by atoms with Crippen LogP contribution >= 0.6 is 0 Å². The normalized spacial score (nSPS) is 14.3. The van der Waals surface area contributed by atoms with Crippen molar-refractivity contribution >= 4 is 5.97 Å². The Kier molecular flexibility index (Phi) is 2.87. The van der Waals surface area contributed by atoms with Gasteiger partial charge in [-0.05, 0) is 18.2 Å². The quantitative estimate of drug-likeness (QED) is 0.743. The van der Waals surface area contributed by atoms with E-state index in [-0.39, 0.29) is 5.75 Å². The highest BCUT2D eigenvalue weighted by Gasteiger charge is 2.43. The number of methoxy groups -OCH3 is 1. The highest BCUT2D eigenvalue weighted by atomic mass is 19.3. The van der Waals surface area contributed by atoms with E-state index in [1.807, 2.05) is 0 Å². The Bertz CT molecular complexity index is 445. The summed E-state index contributed by atoms with van der Waals surface area (Å²) in [5, 5.41) is 0. The van der Waals surface area contributed by atoms with Gasteiger partial charge in [-0.3, -0.25) is 0 Å². The number of ether oxygens (including phenoxy) is 3. The molecule has 0 saturated carbocycles. The topological polar surface area (TPSA) is 44.8 Å². The van der Waals surface area contributed by atoms with Gasteiger partial charge < -0.3 is 14.2 Å². The Labute approximate surface area is 96.1 Å². The molecule has 4 nitrogen and oxygen atoms in total. The predicted molar refractivity (Wildman–Crippen MR) is 53.3 cm³/mol. The Morgan fingerprint density at radius 2 is 1.94 bits per heavy atom. The molecule has 0 bridgehead atoms. The summed E-state index contributed by atoms with van der Waals surface area (Å²) in [7, 11) is 0.911. The Morgan fingerprint density at radius 1 is 1.29 bits per heavy atom. The minimum Gasteiger partial charge on any atom is -0.486 e. The van der Waals surface area contributed by atoms with Crippen molar-refractivity contribution in [2.75, 3.05) is 20.3 Å². The molecule has 0 spiro atoms. The van der Waals surface area contributed by atoms with E-state index in [0.717, 1.165) is 19.2 Å². The van der Waals surface area contributed by atoms with Gasteiger partial charge in [0.05, 0.1) is 7.11 Å². The average Bonchev–Trinajstić information content (AvgIpc) is 2.37. The molecule has 1 aliphatic rings. The summed E-state index contributed by atoms with van der Waals surface area (Å²) in [5.74, 6) is -4.70. The van der Waals surface area contributed by atoms with Crippen molar-refractivity contribution in [2.24, 2.45) is 0 Å². The third-order valence-corrected chi connectivity index (χ3v) is 2.35. The second-order valence-corrected chi connectivity index (χ2v) is 3.42. The molecule has 1 heterocycles. The number of rotatable bonds is 2. The van der Waals surface area contributed by atoms with Gasteiger partial charge in [0.1, 0.15) is 13.2 Å². The highest BCUT2D eigenvalue weighted by molar-refractivity contribution is 5.79. The van der Waals surface area contributed by atoms with E-state index >= 15 is 0 Å². The Hall–Kier alpha value is -1.85. The molecule has 0 unspecified atom stereocenters. The van der Waals surface area contributed by atoms with E-state index in [0.29, 0.717) is 19.0 Å². The smallest absolute Gasteiger partial charge is 0.381 e. The monoisotopic (exact) mass is 244 g/mol. The number of esters is 1. The molecule has 92 valence electrons. The molecule has 0 aromatic heterocycles. The molecule has 0 fully saturated rings. The van der Waals surface area contributed by atoms with Crippen molar-refractivity contribution in [3.8, 4) is 11.5 Å². The van der Waals surface area contributed by atoms with Crippen LogP contribution in [0.2, 0.25) is 0 Å². The van der Waals surface area contributed by atoms with Gasteiger partial charge in [-0.2, -0.15) is 8.78 Å². The van der Waals surface area contributed by atoms with Crippen molar-refractivity contribution in [3.05, 3.63) is 23.8 Å². The number of halogens is 2. The van der Waals surface area contributed by atoms with E-state index in [2.05, 4.69) is 4.74 Å². The average molecular weight is 244 g/mol. The predicted octanol–water partition coefficient (Wildman–Crippen LogP) is 1.72. The Morgan fingerprint density at radius 3 is 2.59 bits per heavy atom. The maximum atomic E-state index is 13.5. The van der Waals surface area contributed by atoms with Gasteiger partial charge >= 0.3 is 11.9 Å². The van der Waals surface area contributed by atoms with Gasteiger partial charge in [-0.25, -0.2) is 4.79 Å². The lowest BCUT2D eigenvalue weighted by Crippen LogP contribution is -2.27. The number of fused-ring (bicyclic) bond motifs is 1. The van der Waals surface area contributed by atoms with Crippen LogP contribution in [0.5, 0.6) is 11.5 Å². The zero-order valence-corrected chi connectivity index (χ0v) is 9.04. The molecule has 0 N–H and O–H groups in total. The summed E-state index contributed by atoms with van der Waals surface area (Å²) in [6, 6.07) is 3.55. The minimum absolute atomic E-state index is 0.206. The maximum Gasteiger partial charge on any atom is 0.381 e. The molecule has 17 heavy (non-hydrogen) atoms. The standard InChI is InChI=1S/C11H10F2O4/c1-15-10(14)11(12,13)7-2-3-8-9(6-7)17-5-4-16-8/h2-3,6H,4-5H2,1H3. The van der Waals surface area contributed by atoms with Crippen LogP contribution in [0.1, 0.15) is 5.56 Å². The van der Waals surface area contributed by atoms with Crippen molar-refractivity contribution in [3.63, 3.8) is 0 Å². The number of alkyl halides is 2. The molecule has 0 aliphatic carbocycles.